The van der Waals surface area contributed by atoms with Crippen LogP contribution >= 0.6 is 0 Å². The number of hydrogen-bond donors (Lipinski definition) is 2. The van der Waals surface area contributed by atoms with Crippen LogP contribution < -0.4 is 10.1 Å². The molecule has 1 heterocycles. The van der Waals surface area contributed by atoms with Crippen molar-refractivity contribution in [2.75, 3.05) is 12.4 Å². The van der Waals surface area contributed by atoms with Crippen LogP contribution in [0.4, 0.5) is 5.69 Å². The molecule has 0 bridgehead atoms. The van der Waals surface area contributed by atoms with E-state index in [1.807, 2.05) is 18.3 Å². The van der Waals surface area contributed by atoms with Crippen LogP contribution in [-0.4, -0.2) is 17.3 Å². The molecule has 2 N–H and O–H groups in total. The first-order valence-corrected chi connectivity index (χ1v) is 6.60. The number of nitrogens with zero attached hydrogens (tertiary/aromatic N) is 1. The summed E-state index contributed by atoms with van der Waals surface area (Å²) in [5.41, 5.74) is 3.33. The summed E-state index contributed by atoms with van der Waals surface area (Å²) in [6.07, 6.45) is 1.83. The standard InChI is InChI=1S/C16H17N3O/c1-11(12-4-7-15(20-2)8-5-12)18-14-6-3-13-10-17-19-16(13)9-14/h3-11,18H,1-2H3,(H,17,19). The molecule has 20 heavy (non-hydrogen) atoms. The molecule has 1 aromatic heterocycles. The normalized spacial score (nSPS) is 12.3. The molecule has 0 fully saturated rings. The Labute approximate surface area is 117 Å². The molecular weight excluding hydrogens is 250 g/mol. The Kier molecular flexibility index (Phi) is 3.29. The Bertz CT molecular complexity index is 703. The zero-order valence-corrected chi connectivity index (χ0v) is 11.6. The molecule has 3 rings (SSSR count). The Balaban J connectivity index is 1.78. The predicted molar refractivity (Wildman–Crippen MR) is 81.1 cm³/mol. The number of fused-ring (bicyclic) bond motifs is 1. The second-order valence-electron chi connectivity index (χ2n) is 4.81. The molecule has 0 aliphatic heterocycles. The number of hydrogen-bond acceptors (Lipinski definition) is 3. The van der Waals surface area contributed by atoms with Crippen LogP contribution in [0, 0.1) is 0 Å². The van der Waals surface area contributed by atoms with Gasteiger partial charge in [0, 0.05) is 17.1 Å². The molecule has 0 saturated carbocycles. The zero-order valence-electron chi connectivity index (χ0n) is 11.6. The maximum absolute atomic E-state index is 5.18. The summed E-state index contributed by atoms with van der Waals surface area (Å²) in [5.74, 6) is 0.875. The topological polar surface area (TPSA) is 49.9 Å². The number of ether oxygens (including phenoxy) is 1. The highest BCUT2D eigenvalue weighted by Gasteiger charge is 2.06. The van der Waals surface area contributed by atoms with Crippen molar-refractivity contribution < 1.29 is 4.74 Å². The number of benzene rings is 2. The largest absolute Gasteiger partial charge is 0.497 e. The molecule has 2 aromatic carbocycles. The quantitative estimate of drug-likeness (QED) is 0.757. The van der Waals surface area contributed by atoms with Crippen molar-refractivity contribution in [3.63, 3.8) is 0 Å². The predicted octanol–water partition coefficient (Wildman–Crippen LogP) is 3.74. The highest BCUT2D eigenvalue weighted by atomic mass is 16.5. The van der Waals surface area contributed by atoms with Crippen LogP contribution in [0.2, 0.25) is 0 Å². The molecule has 0 saturated heterocycles. The monoisotopic (exact) mass is 267 g/mol. The van der Waals surface area contributed by atoms with Gasteiger partial charge in [0.1, 0.15) is 5.75 Å². The fourth-order valence-electron chi connectivity index (χ4n) is 2.25. The van der Waals surface area contributed by atoms with Crippen molar-refractivity contribution in [1.82, 2.24) is 10.2 Å². The lowest BCUT2D eigenvalue weighted by Gasteiger charge is -2.16. The van der Waals surface area contributed by atoms with Gasteiger partial charge < -0.3 is 10.1 Å². The third-order valence-electron chi connectivity index (χ3n) is 3.44. The van der Waals surface area contributed by atoms with Crippen LogP contribution in [0.5, 0.6) is 5.75 Å². The molecule has 4 heteroatoms. The van der Waals surface area contributed by atoms with Gasteiger partial charge in [-0.05, 0) is 42.8 Å². The minimum atomic E-state index is 0.223. The number of methoxy groups -OCH3 is 1. The third-order valence-corrected chi connectivity index (χ3v) is 3.44. The molecule has 3 aromatic rings. The second kappa shape index (κ2) is 5.25. The van der Waals surface area contributed by atoms with Gasteiger partial charge in [0.2, 0.25) is 0 Å². The van der Waals surface area contributed by atoms with Gasteiger partial charge in [-0.1, -0.05) is 12.1 Å². The summed E-state index contributed by atoms with van der Waals surface area (Å²) in [4.78, 5) is 0. The summed E-state index contributed by atoms with van der Waals surface area (Å²) in [6, 6.07) is 14.5. The summed E-state index contributed by atoms with van der Waals surface area (Å²) in [5, 5.41) is 11.6. The number of aromatic amines is 1. The van der Waals surface area contributed by atoms with Crippen molar-refractivity contribution in [3.8, 4) is 5.75 Å². The van der Waals surface area contributed by atoms with E-state index in [4.69, 9.17) is 4.74 Å². The van der Waals surface area contributed by atoms with E-state index in [9.17, 15) is 0 Å². The van der Waals surface area contributed by atoms with Crippen LogP contribution in [0.1, 0.15) is 18.5 Å². The van der Waals surface area contributed by atoms with Gasteiger partial charge >= 0.3 is 0 Å². The minimum Gasteiger partial charge on any atom is -0.497 e. The molecule has 1 atom stereocenters. The van der Waals surface area contributed by atoms with Gasteiger partial charge in [-0.2, -0.15) is 5.10 Å². The molecule has 0 aliphatic carbocycles. The van der Waals surface area contributed by atoms with E-state index < -0.39 is 0 Å². The number of rotatable bonds is 4. The Morgan fingerprint density at radius 2 is 1.95 bits per heavy atom. The number of nitrogens with one attached hydrogen (secondary N) is 2. The number of anilines is 1. The van der Waals surface area contributed by atoms with Gasteiger partial charge in [-0.3, -0.25) is 5.10 Å². The van der Waals surface area contributed by atoms with Crippen molar-refractivity contribution in [2.24, 2.45) is 0 Å². The van der Waals surface area contributed by atoms with Crippen LogP contribution in [0.25, 0.3) is 10.9 Å². The first kappa shape index (κ1) is 12.5. The van der Waals surface area contributed by atoms with Gasteiger partial charge in [-0.25, -0.2) is 0 Å². The summed E-state index contributed by atoms with van der Waals surface area (Å²) in [6.45, 7) is 2.14. The first-order valence-electron chi connectivity index (χ1n) is 6.60. The zero-order chi connectivity index (χ0) is 13.9. The molecule has 0 amide bonds. The van der Waals surface area contributed by atoms with E-state index in [0.29, 0.717) is 0 Å². The summed E-state index contributed by atoms with van der Waals surface area (Å²) in [7, 11) is 1.68. The summed E-state index contributed by atoms with van der Waals surface area (Å²) < 4.78 is 5.18. The maximum Gasteiger partial charge on any atom is 0.118 e. The Hall–Kier alpha value is -2.49. The maximum atomic E-state index is 5.18. The highest BCUT2D eigenvalue weighted by Crippen LogP contribution is 2.23. The number of H-pyrrole nitrogens is 1. The molecular formula is C16H17N3O. The minimum absolute atomic E-state index is 0.223. The fourth-order valence-corrected chi connectivity index (χ4v) is 2.25. The van der Waals surface area contributed by atoms with Gasteiger partial charge in [0.15, 0.2) is 0 Å². The van der Waals surface area contributed by atoms with Crippen LogP contribution in [0.3, 0.4) is 0 Å². The SMILES string of the molecule is COc1ccc(C(C)Nc2ccc3cn[nH]c3c2)cc1. The molecule has 4 nitrogen and oxygen atoms in total. The van der Waals surface area contributed by atoms with Crippen molar-refractivity contribution in [3.05, 3.63) is 54.2 Å². The first-order chi connectivity index (χ1) is 9.76. The van der Waals surface area contributed by atoms with Gasteiger partial charge in [0.25, 0.3) is 0 Å². The molecule has 102 valence electrons. The molecule has 1 unspecified atom stereocenters. The lowest BCUT2D eigenvalue weighted by Crippen LogP contribution is -2.06. The second-order valence-corrected chi connectivity index (χ2v) is 4.81. The average molecular weight is 267 g/mol. The average Bonchev–Trinajstić information content (AvgIpc) is 2.95. The summed E-state index contributed by atoms with van der Waals surface area (Å²) >= 11 is 0. The van der Waals surface area contributed by atoms with Crippen LogP contribution in [0.15, 0.2) is 48.7 Å². The lowest BCUT2D eigenvalue weighted by atomic mass is 10.1. The van der Waals surface area contributed by atoms with Crippen molar-refractivity contribution >= 4 is 16.6 Å². The number of aromatic nitrogens is 2. The smallest absolute Gasteiger partial charge is 0.118 e. The third kappa shape index (κ3) is 2.45. The highest BCUT2D eigenvalue weighted by molar-refractivity contribution is 5.81. The Morgan fingerprint density at radius 1 is 1.15 bits per heavy atom. The molecule has 0 radical (unpaired) electrons. The van der Waals surface area contributed by atoms with Crippen LogP contribution in [-0.2, 0) is 0 Å². The van der Waals surface area contributed by atoms with E-state index in [2.05, 4.69) is 52.8 Å². The van der Waals surface area contributed by atoms with E-state index in [1.165, 1.54) is 5.56 Å². The lowest BCUT2D eigenvalue weighted by molar-refractivity contribution is 0.414. The van der Waals surface area contributed by atoms with Crippen molar-refractivity contribution in [2.45, 2.75) is 13.0 Å². The van der Waals surface area contributed by atoms with Gasteiger partial charge in [0.05, 0.1) is 18.8 Å². The van der Waals surface area contributed by atoms with E-state index in [1.54, 1.807) is 7.11 Å². The van der Waals surface area contributed by atoms with E-state index >= 15 is 0 Å². The fraction of sp³-hybridized carbons (Fsp3) is 0.188. The van der Waals surface area contributed by atoms with E-state index in [0.717, 1.165) is 22.3 Å². The Morgan fingerprint density at radius 3 is 2.70 bits per heavy atom. The van der Waals surface area contributed by atoms with Gasteiger partial charge in [-0.15, -0.1) is 0 Å². The van der Waals surface area contributed by atoms with Crippen molar-refractivity contribution in [1.29, 1.82) is 0 Å². The van der Waals surface area contributed by atoms with E-state index in [-0.39, 0.29) is 6.04 Å². The molecule has 0 aliphatic rings. The molecule has 0 spiro atoms.